The Kier molecular flexibility index (Phi) is 11.1. The third-order valence-corrected chi connectivity index (χ3v) is 3.40. The highest BCUT2D eigenvalue weighted by Crippen LogP contribution is 2.12. The number of aliphatic imine (C=N–C) groups is 1. The van der Waals surface area contributed by atoms with Crippen LogP contribution in [0.25, 0.3) is 0 Å². The third kappa shape index (κ3) is 9.12. The van der Waals surface area contributed by atoms with Crippen LogP contribution in [0.2, 0.25) is 0 Å². The molecule has 1 atom stereocenters. The maximum absolute atomic E-state index is 5.92. The van der Waals surface area contributed by atoms with Crippen molar-refractivity contribution < 1.29 is 4.74 Å². The maximum Gasteiger partial charge on any atom is 0.189 e. The standard InChI is InChI=1S/C17H29N3O.HI/c1-13(2)6-5-7-14(3)20-17(18)19-12-15-8-10-16(21-4)11-9-15;/h8-11,13-14H,5-7,12H2,1-4H3,(H3,18,19,20);1H. The van der Waals surface area contributed by atoms with Gasteiger partial charge in [0.15, 0.2) is 5.96 Å². The van der Waals surface area contributed by atoms with Gasteiger partial charge in [0.1, 0.15) is 5.75 Å². The number of guanidine groups is 1. The van der Waals surface area contributed by atoms with Crippen LogP contribution in [0.15, 0.2) is 29.3 Å². The summed E-state index contributed by atoms with van der Waals surface area (Å²) in [4.78, 5) is 4.38. The Bertz CT molecular complexity index is 432. The molecule has 0 radical (unpaired) electrons. The molecular weight excluding hydrogens is 389 g/mol. The summed E-state index contributed by atoms with van der Waals surface area (Å²) in [6, 6.07) is 8.23. The monoisotopic (exact) mass is 419 g/mol. The Morgan fingerprint density at radius 1 is 1.18 bits per heavy atom. The first-order valence-corrected chi connectivity index (χ1v) is 7.70. The Labute approximate surface area is 151 Å². The second kappa shape index (κ2) is 11.6. The lowest BCUT2D eigenvalue weighted by atomic mass is 10.0. The van der Waals surface area contributed by atoms with Crippen molar-refractivity contribution in [1.82, 2.24) is 5.32 Å². The molecule has 0 bridgehead atoms. The summed E-state index contributed by atoms with van der Waals surface area (Å²) in [6.45, 7) is 7.24. The Balaban J connectivity index is 0.00000441. The highest BCUT2D eigenvalue weighted by Gasteiger charge is 2.03. The fraction of sp³-hybridized carbons (Fsp3) is 0.588. The smallest absolute Gasteiger partial charge is 0.189 e. The Morgan fingerprint density at radius 2 is 1.82 bits per heavy atom. The van der Waals surface area contributed by atoms with E-state index in [-0.39, 0.29) is 24.0 Å². The number of nitrogens with one attached hydrogen (secondary N) is 1. The van der Waals surface area contributed by atoms with Gasteiger partial charge in [-0.15, -0.1) is 24.0 Å². The van der Waals surface area contributed by atoms with Gasteiger partial charge in [0.25, 0.3) is 0 Å². The second-order valence-corrected chi connectivity index (χ2v) is 5.92. The lowest BCUT2D eigenvalue weighted by Crippen LogP contribution is -2.38. The summed E-state index contributed by atoms with van der Waals surface area (Å²) in [5.74, 6) is 2.13. The van der Waals surface area contributed by atoms with Crippen LogP contribution in [-0.2, 0) is 6.54 Å². The Morgan fingerprint density at radius 3 is 2.36 bits per heavy atom. The van der Waals surface area contributed by atoms with Gasteiger partial charge in [-0.05, 0) is 37.0 Å². The molecule has 0 saturated heterocycles. The molecule has 0 amide bonds. The first-order chi connectivity index (χ1) is 10.0. The number of ether oxygens (including phenoxy) is 1. The SMILES string of the molecule is COc1ccc(CN=C(N)NC(C)CCCC(C)C)cc1.I. The molecule has 4 nitrogen and oxygen atoms in total. The summed E-state index contributed by atoms with van der Waals surface area (Å²) in [7, 11) is 1.66. The molecule has 0 saturated carbocycles. The van der Waals surface area contributed by atoms with Crippen LogP contribution < -0.4 is 15.8 Å². The molecular formula is C17H30IN3O. The van der Waals surface area contributed by atoms with E-state index in [9.17, 15) is 0 Å². The molecule has 1 aromatic rings. The van der Waals surface area contributed by atoms with E-state index < -0.39 is 0 Å². The van der Waals surface area contributed by atoms with Crippen LogP contribution in [0.4, 0.5) is 0 Å². The van der Waals surface area contributed by atoms with Crippen molar-refractivity contribution in [2.24, 2.45) is 16.6 Å². The summed E-state index contributed by atoms with van der Waals surface area (Å²) in [5.41, 5.74) is 7.04. The van der Waals surface area contributed by atoms with Crippen LogP contribution in [0, 0.1) is 5.92 Å². The third-order valence-electron chi connectivity index (χ3n) is 3.40. The molecule has 22 heavy (non-hydrogen) atoms. The number of hydrogen-bond donors (Lipinski definition) is 2. The van der Waals surface area contributed by atoms with E-state index in [4.69, 9.17) is 10.5 Å². The number of benzene rings is 1. The average molecular weight is 419 g/mol. The van der Waals surface area contributed by atoms with Crippen LogP contribution in [-0.4, -0.2) is 19.1 Å². The molecule has 1 unspecified atom stereocenters. The molecule has 5 heteroatoms. The van der Waals surface area contributed by atoms with Gasteiger partial charge >= 0.3 is 0 Å². The van der Waals surface area contributed by atoms with E-state index in [0.717, 1.165) is 23.7 Å². The predicted octanol–water partition coefficient (Wildman–Crippen LogP) is 3.93. The van der Waals surface area contributed by atoms with Gasteiger partial charge < -0.3 is 15.8 Å². The van der Waals surface area contributed by atoms with Crippen molar-refractivity contribution in [3.05, 3.63) is 29.8 Å². The van der Waals surface area contributed by atoms with Crippen LogP contribution in [0.5, 0.6) is 5.75 Å². The zero-order chi connectivity index (χ0) is 15.7. The normalized spacial score (nSPS) is 12.7. The highest BCUT2D eigenvalue weighted by molar-refractivity contribution is 14.0. The van der Waals surface area contributed by atoms with Crippen LogP contribution in [0.1, 0.15) is 45.6 Å². The van der Waals surface area contributed by atoms with Gasteiger partial charge in [-0.25, -0.2) is 4.99 Å². The number of hydrogen-bond acceptors (Lipinski definition) is 2. The fourth-order valence-corrected chi connectivity index (χ4v) is 2.11. The Hall–Kier alpha value is -0.980. The molecule has 0 aliphatic rings. The molecule has 0 fully saturated rings. The lowest BCUT2D eigenvalue weighted by Gasteiger charge is -2.15. The molecule has 0 aliphatic heterocycles. The van der Waals surface area contributed by atoms with Gasteiger partial charge in [0.05, 0.1) is 13.7 Å². The average Bonchev–Trinajstić information content (AvgIpc) is 2.45. The van der Waals surface area contributed by atoms with Gasteiger partial charge in [0, 0.05) is 6.04 Å². The summed E-state index contributed by atoms with van der Waals surface area (Å²) in [5, 5.41) is 3.25. The zero-order valence-corrected chi connectivity index (χ0v) is 16.5. The minimum Gasteiger partial charge on any atom is -0.497 e. The van der Waals surface area contributed by atoms with Gasteiger partial charge in [-0.3, -0.25) is 0 Å². The molecule has 0 heterocycles. The van der Waals surface area contributed by atoms with E-state index in [1.165, 1.54) is 12.8 Å². The largest absolute Gasteiger partial charge is 0.497 e. The maximum atomic E-state index is 5.92. The van der Waals surface area contributed by atoms with Crippen molar-refractivity contribution in [2.75, 3.05) is 7.11 Å². The quantitative estimate of drug-likeness (QED) is 0.381. The van der Waals surface area contributed by atoms with E-state index in [1.807, 2.05) is 24.3 Å². The number of methoxy groups -OCH3 is 1. The van der Waals surface area contributed by atoms with Gasteiger partial charge in [-0.2, -0.15) is 0 Å². The predicted molar refractivity (Wildman–Crippen MR) is 105 cm³/mol. The molecule has 1 aromatic carbocycles. The molecule has 1 rings (SSSR count). The van der Waals surface area contributed by atoms with Crippen LogP contribution >= 0.6 is 24.0 Å². The van der Waals surface area contributed by atoms with Gasteiger partial charge in [0.2, 0.25) is 0 Å². The van der Waals surface area contributed by atoms with Crippen LogP contribution in [0.3, 0.4) is 0 Å². The molecule has 3 N–H and O–H groups in total. The summed E-state index contributed by atoms with van der Waals surface area (Å²) >= 11 is 0. The van der Waals surface area contributed by atoms with E-state index in [2.05, 4.69) is 31.1 Å². The second-order valence-electron chi connectivity index (χ2n) is 5.92. The van der Waals surface area contributed by atoms with Crippen molar-refractivity contribution in [2.45, 2.75) is 52.6 Å². The van der Waals surface area contributed by atoms with Gasteiger partial charge in [-0.1, -0.05) is 38.8 Å². The summed E-state index contributed by atoms with van der Waals surface area (Å²) in [6.07, 6.45) is 3.60. The lowest BCUT2D eigenvalue weighted by molar-refractivity contribution is 0.414. The first-order valence-electron chi connectivity index (χ1n) is 7.70. The van der Waals surface area contributed by atoms with E-state index >= 15 is 0 Å². The summed E-state index contributed by atoms with van der Waals surface area (Å²) < 4.78 is 5.13. The number of nitrogens with two attached hydrogens (primary N) is 1. The van der Waals surface area contributed by atoms with Crippen molar-refractivity contribution in [3.8, 4) is 5.75 Å². The van der Waals surface area contributed by atoms with Crippen molar-refractivity contribution >= 4 is 29.9 Å². The molecule has 0 aliphatic carbocycles. The minimum atomic E-state index is 0. The molecule has 0 spiro atoms. The minimum absolute atomic E-state index is 0. The fourth-order valence-electron chi connectivity index (χ4n) is 2.11. The first kappa shape index (κ1) is 21.0. The van der Waals surface area contributed by atoms with Crippen molar-refractivity contribution in [3.63, 3.8) is 0 Å². The topological polar surface area (TPSA) is 59.6 Å². The number of rotatable bonds is 8. The molecule has 126 valence electrons. The molecule has 0 aromatic heterocycles. The number of nitrogens with zero attached hydrogens (tertiary/aromatic N) is 1. The zero-order valence-electron chi connectivity index (χ0n) is 14.1. The van der Waals surface area contributed by atoms with E-state index in [1.54, 1.807) is 7.11 Å². The highest BCUT2D eigenvalue weighted by atomic mass is 127. The van der Waals surface area contributed by atoms with E-state index in [0.29, 0.717) is 18.5 Å². The van der Waals surface area contributed by atoms with Crippen molar-refractivity contribution in [1.29, 1.82) is 0 Å². The number of halogens is 1.